The fourth-order valence-corrected chi connectivity index (χ4v) is 2.76. The number of anilines is 2. The van der Waals surface area contributed by atoms with Crippen LogP contribution < -0.4 is 15.0 Å². The summed E-state index contributed by atoms with van der Waals surface area (Å²) in [5.41, 5.74) is 0.399. The van der Waals surface area contributed by atoms with Crippen LogP contribution in [0.3, 0.4) is 0 Å². The molecule has 2 heterocycles. The van der Waals surface area contributed by atoms with E-state index in [2.05, 4.69) is 20.0 Å². The van der Waals surface area contributed by atoms with Gasteiger partial charge >= 0.3 is 12.6 Å². The van der Waals surface area contributed by atoms with Crippen LogP contribution in [0.5, 0.6) is 5.75 Å². The number of aromatic nitrogens is 2. The monoisotopic (exact) mass is 383 g/mol. The highest BCUT2D eigenvalue weighted by Crippen LogP contribution is 2.29. The summed E-state index contributed by atoms with van der Waals surface area (Å²) in [5.74, 6) is 0.491. The highest BCUT2D eigenvalue weighted by Gasteiger charge is 2.22. The van der Waals surface area contributed by atoms with E-state index in [9.17, 15) is 13.6 Å². The van der Waals surface area contributed by atoms with E-state index in [1.807, 2.05) is 4.90 Å². The molecule has 1 aliphatic rings. The van der Waals surface area contributed by atoms with Gasteiger partial charge in [-0.3, -0.25) is 0 Å². The first kappa shape index (κ1) is 18.1. The van der Waals surface area contributed by atoms with E-state index >= 15 is 0 Å². The van der Waals surface area contributed by atoms with Gasteiger partial charge in [0.2, 0.25) is 5.95 Å². The van der Waals surface area contributed by atoms with Gasteiger partial charge in [-0.05, 0) is 24.3 Å². The highest BCUT2D eigenvalue weighted by atomic mass is 35.5. The van der Waals surface area contributed by atoms with E-state index in [-0.39, 0.29) is 16.8 Å². The molecule has 3 rings (SSSR count). The van der Waals surface area contributed by atoms with Crippen molar-refractivity contribution < 1.29 is 18.3 Å². The van der Waals surface area contributed by atoms with E-state index in [0.717, 1.165) is 0 Å². The molecule has 10 heteroatoms. The Morgan fingerprint density at radius 1 is 1.19 bits per heavy atom. The average Bonchev–Trinajstić information content (AvgIpc) is 2.64. The van der Waals surface area contributed by atoms with Crippen molar-refractivity contribution in [2.75, 3.05) is 36.4 Å². The van der Waals surface area contributed by atoms with Crippen LogP contribution in [0.1, 0.15) is 0 Å². The van der Waals surface area contributed by atoms with Crippen molar-refractivity contribution in [1.29, 1.82) is 0 Å². The lowest BCUT2D eigenvalue weighted by molar-refractivity contribution is -0.0497. The molecule has 1 aromatic carbocycles. The molecule has 0 bridgehead atoms. The standard InChI is InChI=1S/C16H16ClF2N5O2/c17-12-10-11(2-3-13(12)26-14(18)19)22-16(25)24-8-6-23(7-9-24)15-20-4-1-5-21-15/h1-5,10,14H,6-9H2,(H,22,25). The third kappa shape index (κ3) is 4.48. The third-order valence-electron chi connectivity index (χ3n) is 3.80. The first-order valence-corrected chi connectivity index (χ1v) is 8.23. The summed E-state index contributed by atoms with van der Waals surface area (Å²) in [4.78, 5) is 24.4. The summed E-state index contributed by atoms with van der Waals surface area (Å²) >= 11 is 5.89. The summed E-state index contributed by atoms with van der Waals surface area (Å²) in [6.45, 7) is -0.731. The number of nitrogens with zero attached hydrogens (tertiary/aromatic N) is 4. The van der Waals surface area contributed by atoms with Gasteiger partial charge < -0.3 is 19.9 Å². The van der Waals surface area contributed by atoms with Crippen molar-refractivity contribution in [2.45, 2.75) is 6.61 Å². The molecule has 0 atom stereocenters. The molecule has 1 aliphatic heterocycles. The van der Waals surface area contributed by atoms with Gasteiger partial charge in [-0.25, -0.2) is 14.8 Å². The first-order chi connectivity index (χ1) is 12.5. The third-order valence-corrected chi connectivity index (χ3v) is 4.10. The molecule has 1 fully saturated rings. The fourth-order valence-electron chi connectivity index (χ4n) is 2.54. The molecule has 2 amide bonds. The lowest BCUT2D eigenvalue weighted by Crippen LogP contribution is -2.50. The van der Waals surface area contributed by atoms with Crippen molar-refractivity contribution in [3.8, 4) is 5.75 Å². The molecule has 0 spiro atoms. The zero-order valence-corrected chi connectivity index (χ0v) is 14.4. The van der Waals surface area contributed by atoms with Gasteiger partial charge in [-0.1, -0.05) is 11.6 Å². The number of hydrogen-bond donors (Lipinski definition) is 1. The lowest BCUT2D eigenvalue weighted by atomic mass is 10.3. The maximum absolute atomic E-state index is 12.4. The molecule has 1 N–H and O–H groups in total. The summed E-state index contributed by atoms with van der Waals surface area (Å²) < 4.78 is 28.7. The normalized spacial score (nSPS) is 14.5. The smallest absolute Gasteiger partial charge is 0.387 e. The molecule has 0 aliphatic carbocycles. The minimum atomic E-state index is -2.96. The highest BCUT2D eigenvalue weighted by molar-refractivity contribution is 6.32. The predicted molar refractivity (Wildman–Crippen MR) is 92.9 cm³/mol. The number of carbonyl (C=O) groups excluding carboxylic acids is 1. The number of amides is 2. The number of hydrogen-bond acceptors (Lipinski definition) is 5. The molecule has 26 heavy (non-hydrogen) atoms. The van der Waals surface area contributed by atoms with Crippen LogP contribution >= 0.6 is 11.6 Å². The Bertz CT molecular complexity index is 758. The van der Waals surface area contributed by atoms with Crippen LogP contribution in [0.25, 0.3) is 0 Å². The van der Waals surface area contributed by atoms with Crippen molar-refractivity contribution in [3.05, 3.63) is 41.7 Å². The summed E-state index contributed by atoms with van der Waals surface area (Å²) in [6.07, 6.45) is 3.35. The molecule has 1 aromatic heterocycles. The SMILES string of the molecule is O=C(Nc1ccc(OC(F)F)c(Cl)c1)N1CCN(c2ncccn2)CC1. The Morgan fingerprint density at radius 3 is 2.50 bits per heavy atom. The lowest BCUT2D eigenvalue weighted by Gasteiger charge is -2.34. The minimum absolute atomic E-state index is 0.00542. The first-order valence-electron chi connectivity index (χ1n) is 7.85. The number of rotatable bonds is 4. The number of benzene rings is 1. The zero-order valence-electron chi connectivity index (χ0n) is 13.6. The van der Waals surface area contributed by atoms with Gasteiger partial charge in [-0.2, -0.15) is 8.78 Å². The molecular formula is C16H16ClF2N5O2. The van der Waals surface area contributed by atoms with Crippen LogP contribution in [0.15, 0.2) is 36.7 Å². The van der Waals surface area contributed by atoms with E-state index in [1.54, 1.807) is 23.4 Å². The number of ether oxygens (including phenoxy) is 1. The van der Waals surface area contributed by atoms with Crippen LogP contribution in [0, 0.1) is 0 Å². The van der Waals surface area contributed by atoms with Crippen molar-refractivity contribution in [1.82, 2.24) is 14.9 Å². The van der Waals surface area contributed by atoms with Gasteiger partial charge in [-0.15, -0.1) is 0 Å². The van der Waals surface area contributed by atoms with Gasteiger partial charge in [0, 0.05) is 44.3 Å². The number of halogens is 3. The Balaban J connectivity index is 1.55. The van der Waals surface area contributed by atoms with Gasteiger partial charge in [0.1, 0.15) is 5.75 Å². The van der Waals surface area contributed by atoms with Gasteiger partial charge in [0.25, 0.3) is 0 Å². The van der Waals surface area contributed by atoms with Crippen LogP contribution in [0.2, 0.25) is 5.02 Å². The molecule has 0 saturated carbocycles. The second kappa shape index (κ2) is 8.13. The van der Waals surface area contributed by atoms with Gasteiger partial charge in [0.05, 0.1) is 5.02 Å². The summed E-state index contributed by atoms with van der Waals surface area (Å²) in [5, 5.41) is 2.69. The number of alkyl halides is 2. The Morgan fingerprint density at radius 2 is 1.88 bits per heavy atom. The predicted octanol–water partition coefficient (Wildman–Crippen LogP) is 3.09. The largest absolute Gasteiger partial charge is 0.433 e. The van der Waals surface area contributed by atoms with Crippen molar-refractivity contribution in [3.63, 3.8) is 0 Å². The van der Waals surface area contributed by atoms with Crippen LogP contribution in [-0.4, -0.2) is 53.7 Å². The second-order valence-electron chi connectivity index (χ2n) is 5.48. The summed E-state index contributed by atoms with van der Waals surface area (Å²) in [7, 11) is 0. The second-order valence-corrected chi connectivity index (χ2v) is 5.88. The van der Waals surface area contributed by atoms with E-state index in [4.69, 9.17) is 11.6 Å². The van der Waals surface area contributed by atoms with E-state index in [0.29, 0.717) is 37.8 Å². The molecule has 7 nitrogen and oxygen atoms in total. The molecule has 0 radical (unpaired) electrons. The molecule has 2 aromatic rings. The number of piperazine rings is 1. The van der Waals surface area contributed by atoms with Crippen molar-refractivity contribution >= 4 is 29.3 Å². The maximum atomic E-state index is 12.4. The number of nitrogens with one attached hydrogen (secondary N) is 1. The molecular weight excluding hydrogens is 368 g/mol. The van der Waals surface area contributed by atoms with Crippen LogP contribution in [-0.2, 0) is 0 Å². The quantitative estimate of drug-likeness (QED) is 0.878. The fraction of sp³-hybridized carbons (Fsp3) is 0.312. The van der Waals surface area contributed by atoms with Crippen molar-refractivity contribution in [2.24, 2.45) is 0 Å². The molecule has 138 valence electrons. The van der Waals surface area contributed by atoms with Gasteiger partial charge in [0.15, 0.2) is 0 Å². The van der Waals surface area contributed by atoms with Crippen LogP contribution in [0.4, 0.5) is 25.2 Å². The molecule has 1 saturated heterocycles. The Labute approximate surface area is 153 Å². The van der Waals surface area contributed by atoms with E-state index < -0.39 is 6.61 Å². The minimum Gasteiger partial charge on any atom is -0.433 e. The Kier molecular flexibility index (Phi) is 5.67. The van der Waals surface area contributed by atoms with E-state index in [1.165, 1.54) is 18.2 Å². The topological polar surface area (TPSA) is 70.6 Å². The Hall–Kier alpha value is -2.68. The number of carbonyl (C=O) groups is 1. The molecule has 0 unspecified atom stereocenters. The summed E-state index contributed by atoms with van der Waals surface area (Å²) in [6, 6.07) is 5.56. The number of urea groups is 1. The maximum Gasteiger partial charge on any atom is 0.387 e. The zero-order chi connectivity index (χ0) is 18.5. The average molecular weight is 384 g/mol.